The Balaban J connectivity index is 1.56. The summed E-state index contributed by atoms with van der Waals surface area (Å²) >= 11 is 5.87. The number of hydrogen-bond donors (Lipinski definition) is 1. The predicted molar refractivity (Wildman–Crippen MR) is 84.9 cm³/mol. The Morgan fingerprint density at radius 1 is 1.27 bits per heavy atom. The van der Waals surface area contributed by atoms with Gasteiger partial charge >= 0.3 is 0 Å². The molecule has 1 fully saturated rings. The van der Waals surface area contributed by atoms with E-state index in [4.69, 9.17) is 16.1 Å². The molecule has 1 heterocycles. The highest BCUT2D eigenvalue weighted by Crippen LogP contribution is 2.32. The number of nitrogens with one attached hydrogen (secondary N) is 1. The van der Waals surface area contributed by atoms with Gasteiger partial charge in [-0.2, -0.15) is 0 Å². The number of aromatic nitrogens is 1. The van der Waals surface area contributed by atoms with E-state index >= 15 is 0 Å². The van der Waals surface area contributed by atoms with Crippen molar-refractivity contribution in [2.75, 3.05) is 5.75 Å². The molecule has 7 heteroatoms. The molecular weight excluding hydrogens is 324 g/mol. The third kappa shape index (κ3) is 3.88. The van der Waals surface area contributed by atoms with Crippen LogP contribution in [0.25, 0.3) is 11.3 Å². The van der Waals surface area contributed by atoms with E-state index in [0.29, 0.717) is 11.5 Å². The normalized spacial score (nSPS) is 21.5. The third-order valence-electron chi connectivity index (χ3n) is 3.73. The molecule has 2 aromatic rings. The van der Waals surface area contributed by atoms with Crippen LogP contribution < -0.4 is 4.72 Å². The third-order valence-corrected chi connectivity index (χ3v) is 5.58. The van der Waals surface area contributed by atoms with Gasteiger partial charge in [-0.15, -0.1) is 11.6 Å². The molecule has 0 unspecified atom stereocenters. The van der Waals surface area contributed by atoms with Crippen molar-refractivity contribution in [3.05, 3.63) is 42.2 Å². The van der Waals surface area contributed by atoms with Gasteiger partial charge in [-0.05, 0) is 18.8 Å². The Labute approximate surface area is 134 Å². The first-order valence-electron chi connectivity index (χ1n) is 7.14. The van der Waals surface area contributed by atoms with Crippen LogP contribution in [0.2, 0.25) is 0 Å². The molecule has 118 valence electrons. The van der Waals surface area contributed by atoms with Crippen molar-refractivity contribution in [3.63, 3.8) is 0 Å². The molecule has 0 radical (unpaired) electrons. The van der Waals surface area contributed by atoms with E-state index < -0.39 is 10.0 Å². The zero-order valence-electron chi connectivity index (χ0n) is 11.9. The summed E-state index contributed by atoms with van der Waals surface area (Å²) in [6, 6.07) is 11.3. The Bertz CT molecular complexity index is 724. The van der Waals surface area contributed by atoms with E-state index in [2.05, 4.69) is 9.88 Å². The number of alkyl halides is 1. The molecule has 1 aromatic carbocycles. The molecule has 0 amide bonds. The molecule has 5 nitrogen and oxygen atoms in total. The Morgan fingerprint density at radius 2 is 2.00 bits per heavy atom. The number of nitrogens with zero attached hydrogens (tertiary/aromatic N) is 1. The van der Waals surface area contributed by atoms with Crippen LogP contribution in [0, 0.1) is 5.92 Å². The molecule has 1 aliphatic carbocycles. The first-order valence-corrected chi connectivity index (χ1v) is 9.23. The van der Waals surface area contributed by atoms with E-state index in [1.807, 2.05) is 30.3 Å². The quantitative estimate of drug-likeness (QED) is 0.821. The molecule has 0 bridgehead atoms. The van der Waals surface area contributed by atoms with Gasteiger partial charge in [0.15, 0.2) is 5.76 Å². The van der Waals surface area contributed by atoms with Gasteiger partial charge in [0.05, 0.1) is 12.3 Å². The van der Waals surface area contributed by atoms with E-state index in [1.165, 1.54) is 0 Å². The van der Waals surface area contributed by atoms with Crippen molar-refractivity contribution in [3.8, 4) is 11.3 Å². The largest absolute Gasteiger partial charge is 0.359 e. The molecule has 22 heavy (non-hydrogen) atoms. The van der Waals surface area contributed by atoms with Crippen LogP contribution in [0.15, 0.2) is 40.9 Å². The summed E-state index contributed by atoms with van der Waals surface area (Å²) in [5.41, 5.74) is 1.63. The lowest BCUT2D eigenvalue weighted by Crippen LogP contribution is -2.35. The van der Waals surface area contributed by atoms with Crippen LogP contribution in [-0.4, -0.2) is 24.7 Å². The summed E-state index contributed by atoms with van der Waals surface area (Å²) in [6.45, 7) is 0.110. The van der Waals surface area contributed by atoms with Gasteiger partial charge in [-0.3, -0.25) is 0 Å². The van der Waals surface area contributed by atoms with Gasteiger partial charge in [0.1, 0.15) is 5.69 Å². The summed E-state index contributed by atoms with van der Waals surface area (Å²) in [6.07, 6.45) is 1.53. The van der Waals surface area contributed by atoms with Crippen molar-refractivity contribution in [2.45, 2.75) is 24.8 Å². The second-order valence-corrected chi connectivity index (χ2v) is 8.05. The minimum Gasteiger partial charge on any atom is -0.359 e. The lowest BCUT2D eigenvalue weighted by atomic mass is 9.87. The fraction of sp³-hybridized carbons (Fsp3) is 0.400. The van der Waals surface area contributed by atoms with Crippen molar-refractivity contribution >= 4 is 21.6 Å². The van der Waals surface area contributed by atoms with E-state index in [-0.39, 0.29) is 23.6 Å². The topological polar surface area (TPSA) is 72.2 Å². The predicted octanol–water partition coefficient (Wildman–Crippen LogP) is 2.78. The Kier molecular flexibility index (Phi) is 4.52. The highest BCUT2D eigenvalue weighted by molar-refractivity contribution is 7.89. The SMILES string of the molecule is O=S(=O)(CC1CC(Cl)C1)NCc1cc(-c2ccccc2)no1. The van der Waals surface area contributed by atoms with Crippen LogP contribution in [0.1, 0.15) is 18.6 Å². The maximum Gasteiger partial charge on any atom is 0.212 e. The average Bonchev–Trinajstić information content (AvgIpc) is 2.93. The molecule has 0 aliphatic heterocycles. The van der Waals surface area contributed by atoms with Crippen molar-refractivity contribution in [2.24, 2.45) is 5.92 Å². The molecule has 3 rings (SSSR count). The Morgan fingerprint density at radius 3 is 2.68 bits per heavy atom. The molecule has 0 atom stereocenters. The van der Waals surface area contributed by atoms with E-state index in [1.54, 1.807) is 6.07 Å². The fourth-order valence-electron chi connectivity index (χ4n) is 2.48. The smallest absolute Gasteiger partial charge is 0.212 e. The van der Waals surface area contributed by atoms with Gasteiger partial charge in [0.25, 0.3) is 0 Å². The minimum absolute atomic E-state index is 0.110. The van der Waals surface area contributed by atoms with Crippen LogP contribution in [0.3, 0.4) is 0 Å². The monoisotopic (exact) mass is 340 g/mol. The number of rotatable bonds is 6. The number of hydrogen-bond acceptors (Lipinski definition) is 4. The summed E-state index contributed by atoms with van der Waals surface area (Å²) in [4.78, 5) is 0. The maximum atomic E-state index is 12.0. The molecule has 1 aliphatic rings. The fourth-order valence-corrected chi connectivity index (χ4v) is 4.36. The van der Waals surface area contributed by atoms with Gasteiger partial charge in [0.2, 0.25) is 10.0 Å². The first kappa shape index (κ1) is 15.5. The van der Waals surface area contributed by atoms with Crippen LogP contribution in [0.5, 0.6) is 0 Å². The Hall–Kier alpha value is -1.37. The standard InChI is InChI=1S/C15H17ClN2O3S/c16-13-6-11(7-13)10-22(19,20)17-9-14-8-15(18-21-14)12-4-2-1-3-5-12/h1-5,8,11,13,17H,6-7,9-10H2. The second-order valence-electron chi connectivity index (χ2n) is 5.58. The summed E-state index contributed by atoms with van der Waals surface area (Å²) < 4.78 is 31.7. The molecular formula is C15H17ClN2O3S. The summed E-state index contributed by atoms with van der Waals surface area (Å²) in [5.74, 6) is 0.775. The minimum atomic E-state index is -3.32. The lowest BCUT2D eigenvalue weighted by molar-refractivity contribution is 0.353. The van der Waals surface area contributed by atoms with E-state index in [0.717, 1.165) is 18.4 Å². The summed E-state index contributed by atoms with van der Waals surface area (Å²) in [7, 11) is -3.32. The van der Waals surface area contributed by atoms with Crippen molar-refractivity contribution in [1.82, 2.24) is 9.88 Å². The number of halogens is 1. The van der Waals surface area contributed by atoms with Gasteiger partial charge in [-0.25, -0.2) is 13.1 Å². The van der Waals surface area contributed by atoms with Gasteiger partial charge < -0.3 is 4.52 Å². The van der Waals surface area contributed by atoms with Gasteiger partial charge in [-0.1, -0.05) is 35.5 Å². The lowest BCUT2D eigenvalue weighted by Gasteiger charge is -2.30. The highest BCUT2D eigenvalue weighted by atomic mass is 35.5. The van der Waals surface area contributed by atoms with Crippen LogP contribution >= 0.6 is 11.6 Å². The van der Waals surface area contributed by atoms with Crippen molar-refractivity contribution < 1.29 is 12.9 Å². The van der Waals surface area contributed by atoms with E-state index in [9.17, 15) is 8.42 Å². The van der Waals surface area contributed by atoms with Crippen molar-refractivity contribution in [1.29, 1.82) is 0 Å². The zero-order valence-corrected chi connectivity index (χ0v) is 13.5. The van der Waals surface area contributed by atoms with Crippen LogP contribution in [-0.2, 0) is 16.6 Å². The first-order chi connectivity index (χ1) is 10.5. The molecule has 1 aromatic heterocycles. The molecule has 1 N–H and O–H groups in total. The van der Waals surface area contributed by atoms with Crippen LogP contribution in [0.4, 0.5) is 0 Å². The maximum absolute atomic E-state index is 12.0. The molecule has 0 spiro atoms. The molecule has 0 saturated heterocycles. The number of sulfonamides is 1. The zero-order chi connectivity index (χ0) is 15.6. The number of benzene rings is 1. The second kappa shape index (κ2) is 6.40. The highest BCUT2D eigenvalue weighted by Gasteiger charge is 2.31. The molecule has 1 saturated carbocycles. The average molecular weight is 341 g/mol. The summed E-state index contributed by atoms with van der Waals surface area (Å²) in [5, 5.41) is 4.09. The van der Waals surface area contributed by atoms with Gasteiger partial charge in [0, 0.05) is 17.0 Å².